The number of hydrogen-bond acceptors (Lipinski definition) is 3. The second-order valence-corrected chi connectivity index (χ2v) is 7.67. The van der Waals surface area contributed by atoms with Crippen molar-refractivity contribution in [3.8, 4) is 5.75 Å². The van der Waals surface area contributed by atoms with Crippen molar-refractivity contribution in [2.45, 2.75) is 39.3 Å². The number of benzene rings is 2. The maximum atomic E-state index is 11.4. The van der Waals surface area contributed by atoms with Crippen LogP contribution < -0.4 is 33.2 Å². The van der Waals surface area contributed by atoms with Gasteiger partial charge in [-0.25, -0.2) is 9.13 Å². The number of nitrogens with two attached hydrogens (primary N) is 2. The fourth-order valence-corrected chi connectivity index (χ4v) is 3.18. The highest BCUT2D eigenvalue weighted by Gasteiger charge is 2.21. The van der Waals surface area contributed by atoms with Crippen molar-refractivity contribution < 1.29 is 26.5 Å². The summed E-state index contributed by atoms with van der Waals surface area (Å²) in [5.74, 6) is 0.884. The van der Waals surface area contributed by atoms with Gasteiger partial charge in [0.05, 0.1) is 0 Å². The third kappa shape index (κ3) is 4.57. The van der Waals surface area contributed by atoms with Crippen molar-refractivity contribution >= 4 is 22.9 Å². The molecule has 28 heavy (non-hydrogen) atoms. The molecule has 1 aromatic heterocycles. The zero-order chi connectivity index (χ0) is 19.6. The SMILES string of the molecule is CC(C)(C)c1ccc(OCCn2c(N)[n+](CC(N)=O)c3ccccc32)cc1.[Cl-]. The van der Waals surface area contributed by atoms with Crippen LogP contribution in [-0.2, 0) is 23.3 Å². The molecular formula is C21H27ClN4O2. The molecule has 0 aliphatic rings. The van der Waals surface area contributed by atoms with Gasteiger partial charge in [0.15, 0.2) is 6.54 Å². The van der Waals surface area contributed by atoms with Gasteiger partial charge in [0.25, 0.3) is 5.91 Å². The number of carbonyl (C=O) groups excluding carboxylic acids is 1. The van der Waals surface area contributed by atoms with E-state index in [1.807, 2.05) is 41.0 Å². The van der Waals surface area contributed by atoms with Gasteiger partial charge in [-0.3, -0.25) is 10.5 Å². The van der Waals surface area contributed by atoms with Crippen LogP contribution >= 0.6 is 0 Å². The monoisotopic (exact) mass is 402 g/mol. The standard InChI is InChI=1S/C21H26N4O2.ClH/c1-21(2,3)15-8-10-16(11-9-15)27-13-12-24-17-6-4-5-7-18(17)25(20(24)23)14-19(22)26;/h4-11,23H,12-14H2,1-3H3,(H2,22,26);1H. The van der Waals surface area contributed by atoms with Gasteiger partial charge >= 0.3 is 5.95 Å². The molecule has 2 aromatic carbocycles. The zero-order valence-corrected chi connectivity index (χ0v) is 17.2. The predicted molar refractivity (Wildman–Crippen MR) is 106 cm³/mol. The Hall–Kier alpha value is -2.73. The molecule has 0 fully saturated rings. The van der Waals surface area contributed by atoms with E-state index in [1.165, 1.54) is 5.56 Å². The Labute approximate surface area is 171 Å². The Morgan fingerprint density at radius 1 is 1.11 bits per heavy atom. The third-order valence-corrected chi connectivity index (χ3v) is 4.63. The first-order valence-electron chi connectivity index (χ1n) is 9.05. The molecule has 0 saturated heterocycles. The summed E-state index contributed by atoms with van der Waals surface area (Å²) in [6, 6.07) is 15.9. The van der Waals surface area contributed by atoms with Gasteiger partial charge in [0.1, 0.15) is 29.9 Å². The molecule has 0 aliphatic carbocycles. The highest BCUT2D eigenvalue weighted by molar-refractivity contribution is 5.76. The minimum atomic E-state index is -0.426. The topological polar surface area (TPSA) is 87.2 Å². The number of nitrogens with zero attached hydrogens (tertiary/aromatic N) is 2. The van der Waals surface area contributed by atoms with Crippen molar-refractivity contribution in [2.24, 2.45) is 5.73 Å². The van der Waals surface area contributed by atoms with E-state index in [2.05, 4.69) is 32.9 Å². The maximum absolute atomic E-state index is 11.4. The highest BCUT2D eigenvalue weighted by Crippen LogP contribution is 2.24. The predicted octanol–water partition coefficient (Wildman–Crippen LogP) is -0.623. The number of fused-ring (bicyclic) bond motifs is 1. The second-order valence-electron chi connectivity index (χ2n) is 7.67. The average Bonchev–Trinajstić information content (AvgIpc) is 2.87. The molecule has 3 rings (SSSR count). The maximum Gasteiger partial charge on any atom is 0.356 e. The van der Waals surface area contributed by atoms with Crippen molar-refractivity contribution in [1.82, 2.24) is 4.57 Å². The summed E-state index contributed by atoms with van der Waals surface area (Å²) >= 11 is 0. The van der Waals surface area contributed by atoms with E-state index in [-0.39, 0.29) is 24.4 Å². The largest absolute Gasteiger partial charge is 1.00 e. The molecule has 0 aliphatic heterocycles. The fourth-order valence-electron chi connectivity index (χ4n) is 3.18. The number of ether oxygens (including phenoxy) is 1. The Morgan fingerprint density at radius 3 is 2.36 bits per heavy atom. The number of primary amides is 1. The lowest BCUT2D eigenvalue weighted by molar-refractivity contribution is -0.644. The molecule has 150 valence electrons. The number of carbonyl (C=O) groups is 1. The Kier molecular flexibility index (Phi) is 6.56. The Balaban J connectivity index is 0.00000280. The van der Waals surface area contributed by atoms with Crippen molar-refractivity contribution in [3.63, 3.8) is 0 Å². The van der Waals surface area contributed by atoms with Crippen molar-refractivity contribution in [2.75, 3.05) is 12.3 Å². The van der Waals surface area contributed by atoms with Gasteiger partial charge in [-0.15, -0.1) is 0 Å². The first-order valence-corrected chi connectivity index (χ1v) is 9.05. The molecular weight excluding hydrogens is 376 g/mol. The molecule has 3 aromatic rings. The van der Waals surface area contributed by atoms with E-state index in [0.29, 0.717) is 19.1 Å². The molecule has 0 atom stereocenters. The lowest BCUT2D eigenvalue weighted by Crippen LogP contribution is -3.00. The minimum Gasteiger partial charge on any atom is -1.00 e. The first-order chi connectivity index (χ1) is 12.8. The number of para-hydroxylation sites is 2. The number of halogens is 1. The van der Waals surface area contributed by atoms with Crippen LogP contribution in [0.5, 0.6) is 5.75 Å². The second kappa shape index (κ2) is 8.52. The van der Waals surface area contributed by atoms with E-state index >= 15 is 0 Å². The molecule has 1 heterocycles. The van der Waals surface area contributed by atoms with Gasteiger partial charge in [-0.05, 0) is 35.2 Å². The van der Waals surface area contributed by atoms with Crippen LogP contribution in [0.15, 0.2) is 48.5 Å². The summed E-state index contributed by atoms with van der Waals surface area (Å²) in [5, 5.41) is 0. The van der Waals surface area contributed by atoms with Crippen LogP contribution in [0.25, 0.3) is 11.0 Å². The molecule has 4 N–H and O–H groups in total. The Bertz CT molecular complexity index is 959. The number of aromatic nitrogens is 2. The highest BCUT2D eigenvalue weighted by atomic mass is 35.5. The van der Waals surface area contributed by atoms with Crippen molar-refractivity contribution in [3.05, 3.63) is 54.1 Å². The van der Waals surface area contributed by atoms with Crippen LogP contribution in [0.1, 0.15) is 26.3 Å². The van der Waals surface area contributed by atoms with Crippen LogP contribution in [0.2, 0.25) is 0 Å². The van der Waals surface area contributed by atoms with Crippen LogP contribution in [0.4, 0.5) is 5.95 Å². The van der Waals surface area contributed by atoms with Crippen molar-refractivity contribution in [1.29, 1.82) is 0 Å². The van der Waals surface area contributed by atoms with E-state index < -0.39 is 5.91 Å². The molecule has 0 radical (unpaired) electrons. The Morgan fingerprint density at radius 2 is 1.75 bits per heavy atom. The summed E-state index contributed by atoms with van der Waals surface area (Å²) in [7, 11) is 0. The van der Waals surface area contributed by atoms with Gasteiger partial charge in [-0.1, -0.05) is 45.0 Å². The summed E-state index contributed by atoms with van der Waals surface area (Å²) in [5.41, 5.74) is 14.8. The van der Waals surface area contributed by atoms with Gasteiger partial charge in [-0.2, -0.15) is 0 Å². The van der Waals surface area contributed by atoms with E-state index in [9.17, 15) is 4.79 Å². The van der Waals surface area contributed by atoms with E-state index in [0.717, 1.165) is 16.8 Å². The normalized spacial score (nSPS) is 11.2. The fraction of sp³-hybridized carbons (Fsp3) is 0.333. The number of nitrogen functional groups attached to an aromatic ring is 1. The molecule has 7 heteroatoms. The molecule has 0 unspecified atom stereocenters. The van der Waals surface area contributed by atoms with Gasteiger partial charge < -0.3 is 22.9 Å². The molecule has 0 saturated carbocycles. The molecule has 0 bridgehead atoms. The number of amides is 1. The third-order valence-electron chi connectivity index (χ3n) is 4.63. The smallest absolute Gasteiger partial charge is 0.356 e. The zero-order valence-electron chi connectivity index (χ0n) is 16.5. The lowest BCUT2D eigenvalue weighted by Gasteiger charge is -2.19. The van der Waals surface area contributed by atoms with E-state index in [4.69, 9.17) is 16.2 Å². The summed E-state index contributed by atoms with van der Waals surface area (Å²) in [6.45, 7) is 7.64. The lowest BCUT2D eigenvalue weighted by atomic mass is 9.87. The summed E-state index contributed by atoms with van der Waals surface area (Å²) < 4.78 is 9.57. The van der Waals surface area contributed by atoms with Gasteiger partial charge in [0.2, 0.25) is 0 Å². The summed E-state index contributed by atoms with van der Waals surface area (Å²) in [4.78, 5) is 11.4. The number of imidazole rings is 1. The molecule has 1 amide bonds. The summed E-state index contributed by atoms with van der Waals surface area (Å²) in [6.07, 6.45) is 0. The minimum absolute atomic E-state index is 0. The van der Waals surface area contributed by atoms with Gasteiger partial charge in [0, 0.05) is 0 Å². The first kappa shape index (κ1) is 21.6. The van der Waals surface area contributed by atoms with Crippen LogP contribution in [-0.4, -0.2) is 17.1 Å². The number of hydrogen-bond donors (Lipinski definition) is 2. The van der Waals surface area contributed by atoms with Crippen LogP contribution in [0.3, 0.4) is 0 Å². The quantitative estimate of drug-likeness (QED) is 0.538. The molecule has 0 spiro atoms. The number of rotatable bonds is 6. The average molecular weight is 403 g/mol. The van der Waals surface area contributed by atoms with E-state index in [1.54, 1.807) is 4.57 Å². The number of anilines is 1. The van der Waals surface area contributed by atoms with Crippen LogP contribution in [0, 0.1) is 0 Å². The molecule has 6 nitrogen and oxygen atoms in total.